The van der Waals surface area contributed by atoms with E-state index < -0.39 is 37.2 Å². The zero-order chi connectivity index (χ0) is 24.7. The van der Waals surface area contributed by atoms with Crippen molar-refractivity contribution in [3.63, 3.8) is 0 Å². The highest BCUT2D eigenvalue weighted by molar-refractivity contribution is 6.01. The molecule has 2 aliphatic heterocycles. The fourth-order valence-corrected chi connectivity index (χ4v) is 4.14. The zero-order valence-corrected chi connectivity index (χ0v) is 17.6. The minimum Gasteiger partial charge on any atom is -0.493 e. The number of carbonyl (C=O) groups excluding carboxylic acids is 1. The number of nitrogens with two attached hydrogens (primary N) is 1. The molecule has 0 aliphatic carbocycles. The Morgan fingerprint density at radius 2 is 2.00 bits per heavy atom. The van der Waals surface area contributed by atoms with Gasteiger partial charge >= 0.3 is 12.5 Å². The standard InChI is InChI=1S/C20H20F6N4O4/c21-19(22,23)10-33-11-2-3-12-14(8-11)32-7-4-18(12)9-13-15(17(31)28-18)16(27)30(29-13)5-1-6-34-20(24,25)26/h2-3,8H,1,4-7,9-10,27H2,(H,28,31)/t18-/m1/s1. The number of nitrogens with zero attached hydrogens (tertiary/aromatic N) is 2. The van der Waals surface area contributed by atoms with Crippen LogP contribution in [0, 0.1) is 0 Å². The number of ether oxygens (including phenoxy) is 3. The van der Waals surface area contributed by atoms with Crippen LogP contribution < -0.4 is 20.5 Å². The van der Waals surface area contributed by atoms with Crippen molar-refractivity contribution in [1.29, 1.82) is 0 Å². The van der Waals surface area contributed by atoms with Crippen LogP contribution in [0.25, 0.3) is 0 Å². The molecule has 1 amide bonds. The maximum absolute atomic E-state index is 12.9. The predicted octanol–water partition coefficient (Wildman–Crippen LogP) is 3.30. The molecule has 34 heavy (non-hydrogen) atoms. The van der Waals surface area contributed by atoms with Crippen LogP contribution in [0.15, 0.2) is 18.2 Å². The maximum Gasteiger partial charge on any atom is 0.522 e. The Hall–Kier alpha value is -3.16. The minimum atomic E-state index is -4.74. The quantitative estimate of drug-likeness (QED) is 0.472. The largest absolute Gasteiger partial charge is 0.522 e. The maximum atomic E-state index is 12.9. The van der Waals surface area contributed by atoms with Crippen molar-refractivity contribution in [3.05, 3.63) is 35.0 Å². The molecule has 8 nitrogen and oxygen atoms in total. The van der Waals surface area contributed by atoms with Gasteiger partial charge in [-0.1, -0.05) is 0 Å². The summed E-state index contributed by atoms with van der Waals surface area (Å²) in [6, 6.07) is 4.22. The number of nitrogens with one attached hydrogen (secondary N) is 1. The van der Waals surface area contributed by atoms with Gasteiger partial charge < -0.3 is 20.5 Å². The summed E-state index contributed by atoms with van der Waals surface area (Å²) >= 11 is 0. The van der Waals surface area contributed by atoms with Gasteiger partial charge in [-0.05, 0) is 18.6 Å². The lowest BCUT2D eigenvalue weighted by Gasteiger charge is -2.41. The van der Waals surface area contributed by atoms with Crippen molar-refractivity contribution in [2.75, 3.05) is 25.6 Å². The van der Waals surface area contributed by atoms with E-state index in [0.29, 0.717) is 17.7 Å². The van der Waals surface area contributed by atoms with E-state index in [0.717, 1.165) is 0 Å². The van der Waals surface area contributed by atoms with Crippen molar-refractivity contribution in [1.82, 2.24) is 15.1 Å². The van der Waals surface area contributed by atoms with E-state index in [1.165, 1.54) is 22.9 Å². The number of carbonyl (C=O) groups is 1. The van der Waals surface area contributed by atoms with E-state index in [9.17, 15) is 31.1 Å². The second-order valence-electron chi connectivity index (χ2n) is 7.95. The summed E-state index contributed by atoms with van der Waals surface area (Å²) in [4.78, 5) is 12.9. The highest BCUT2D eigenvalue weighted by Crippen LogP contribution is 2.44. The molecular formula is C20H20F6N4O4. The Bertz CT molecular complexity index is 1080. The summed E-state index contributed by atoms with van der Waals surface area (Å²) in [5.74, 6) is -0.253. The van der Waals surface area contributed by atoms with Crippen LogP contribution in [0.1, 0.15) is 34.5 Å². The third-order valence-corrected chi connectivity index (χ3v) is 5.55. The SMILES string of the molecule is Nc1c2c(nn1CCCOC(F)(F)F)C[C@@]1(CCOc3cc(OCC(F)(F)F)ccc31)NC2=O. The van der Waals surface area contributed by atoms with E-state index in [1.54, 1.807) is 0 Å². The lowest BCUT2D eigenvalue weighted by atomic mass is 9.77. The zero-order valence-electron chi connectivity index (χ0n) is 17.6. The average molecular weight is 494 g/mol. The van der Waals surface area contributed by atoms with Gasteiger partial charge in [-0.2, -0.15) is 18.3 Å². The van der Waals surface area contributed by atoms with E-state index in [4.69, 9.17) is 15.2 Å². The number of benzene rings is 1. The number of halogens is 6. The first kappa shape index (κ1) is 24.0. The number of hydrogen-bond donors (Lipinski definition) is 2. The van der Waals surface area contributed by atoms with Gasteiger partial charge in [-0.15, -0.1) is 13.2 Å². The van der Waals surface area contributed by atoms with Gasteiger partial charge in [0.2, 0.25) is 0 Å². The number of fused-ring (bicyclic) bond motifs is 3. The Kier molecular flexibility index (Phi) is 6.04. The number of rotatable bonds is 6. The highest BCUT2D eigenvalue weighted by Gasteiger charge is 2.46. The third kappa shape index (κ3) is 5.00. The van der Waals surface area contributed by atoms with Crippen LogP contribution in [0.5, 0.6) is 11.5 Å². The van der Waals surface area contributed by atoms with Crippen LogP contribution in [0.4, 0.5) is 32.2 Å². The molecule has 1 spiro atoms. The molecule has 0 unspecified atom stereocenters. The number of alkyl halides is 6. The molecule has 0 fully saturated rings. The van der Waals surface area contributed by atoms with Crippen LogP contribution in [0.2, 0.25) is 0 Å². The summed E-state index contributed by atoms with van der Waals surface area (Å²) in [5.41, 5.74) is 6.14. The van der Waals surface area contributed by atoms with Crippen molar-refractivity contribution < 1.29 is 45.3 Å². The number of nitrogen functional groups attached to an aromatic ring is 1. The van der Waals surface area contributed by atoms with Crippen molar-refractivity contribution in [2.45, 2.75) is 43.9 Å². The Morgan fingerprint density at radius 1 is 1.24 bits per heavy atom. The molecular weight excluding hydrogens is 474 g/mol. The number of aromatic nitrogens is 2. The Morgan fingerprint density at radius 3 is 2.71 bits per heavy atom. The lowest BCUT2D eigenvalue weighted by molar-refractivity contribution is -0.324. The number of aryl methyl sites for hydroxylation is 1. The van der Waals surface area contributed by atoms with Crippen molar-refractivity contribution >= 4 is 11.7 Å². The van der Waals surface area contributed by atoms with E-state index in [1.807, 2.05) is 0 Å². The predicted molar refractivity (Wildman–Crippen MR) is 104 cm³/mol. The molecule has 4 rings (SSSR count). The number of anilines is 1. The molecule has 0 bridgehead atoms. The number of amides is 1. The monoisotopic (exact) mass is 494 g/mol. The fraction of sp³-hybridized carbons (Fsp3) is 0.500. The first-order valence-corrected chi connectivity index (χ1v) is 10.2. The first-order chi connectivity index (χ1) is 15.9. The molecule has 2 aromatic rings. The Balaban J connectivity index is 1.54. The highest BCUT2D eigenvalue weighted by atomic mass is 19.4. The molecule has 1 aromatic carbocycles. The molecule has 2 aliphatic rings. The molecule has 3 N–H and O–H groups in total. The van der Waals surface area contributed by atoms with Crippen molar-refractivity contribution in [3.8, 4) is 11.5 Å². The van der Waals surface area contributed by atoms with Gasteiger partial charge in [-0.3, -0.25) is 9.53 Å². The smallest absolute Gasteiger partial charge is 0.493 e. The van der Waals surface area contributed by atoms with E-state index in [-0.39, 0.29) is 48.9 Å². The summed E-state index contributed by atoms with van der Waals surface area (Å²) in [6.45, 7) is -1.86. The van der Waals surface area contributed by atoms with Crippen LogP contribution in [-0.2, 0) is 23.2 Å². The molecule has 0 saturated heterocycles. The summed E-state index contributed by atoms with van der Waals surface area (Å²) in [5, 5.41) is 7.25. The van der Waals surface area contributed by atoms with Crippen LogP contribution in [0.3, 0.4) is 0 Å². The van der Waals surface area contributed by atoms with E-state index >= 15 is 0 Å². The summed E-state index contributed by atoms with van der Waals surface area (Å²) in [6.07, 6.45) is -8.70. The topological polar surface area (TPSA) is 101 Å². The Labute approximate surface area is 188 Å². The average Bonchev–Trinajstić information content (AvgIpc) is 3.04. The normalized spacial score (nSPS) is 19.9. The van der Waals surface area contributed by atoms with Gasteiger partial charge in [0.1, 0.15) is 22.9 Å². The van der Waals surface area contributed by atoms with E-state index in [2.05, 4.69) is 15.2 Å². The lowest BCUT2D eigenvalue weighted by Crippen LogP contribution is -2.53. The second kappa shape index (κ2) is 8.56. The summed E-state index contributed by atoms with van der Waals surface area (Å²) < 4.78 is 89.2. The molecule has 1 atom stereocenters. The summed E-state index contributed by atoms with van der Waals surface area (Å²) in [7, 11) is 0. The van der Waals surface area contributed by atoms with Gasteiger partial charge in [0, 0.05) is 31.0 Å². The molecule has 1 aromatic heterocycles. The van der Waals surface area contributed by atoms with Crippen LogP contribution >= 0.6 is 0 Å². The molecule has 186 valence electrons. The molecule has 0 saturated carbocycles. The third-order valence-electron chi connectivity index (χ3n) is 5.55. The second-order valence-corrected chi connectivity index (χ2v) is 7.95. The van der Waals surface area contributed by atoms with Crippen molar-refractivity contribution in [2.24, 2.45) is 0 Å². The number of hydrogen-bond acceptors (Lipinski definition) is 6. The van der Waals surface area contributed by atoms with Gasteiger partial charge in [0.15, 0.2) is 6.61 Å². The molecule has 3 heterocycles. The molecule has 0 radical (unpaired) electrons. The fourth-order valence-electron chi connectivity index (χ4n) is 4.14. The van der Waals surface area contributed by atoms with Crippen LogP contribution in [-0.4, -0.2) is 48.0 Å². The van der Waals surface area contributed by atoms with Gasteiger partial charge in [0.05, 0.1) is 24.4 Å². The minimum absolute atomic E-state index is 0.00873. The van der Waals surface area contributed by atoms with Gasteiger partial charge in [0.25, 0.3) is 5.91 Å². The van der Waals surface area contributed by atoms with Gasteiger partial charge in [-0.25, -0.2) is 4.68 Å². The first-order valence-electron chi connectivity index (χ1n) is 10.2. The molecule has 14 heteroatoms.